The van der Waals surface area contributed by atoms with Crippen molar-refractivity contribution >= 4 is 34.2 Å². The quantitative estimate of drug-likeness (QED) is 0.835. The first-order chi connectivity index (χ1) is 7.96. The number of ether oxygens (including phenoxy) is 1. The molecular weight excluding hydrogens is 333 g/mol. The van der Waals surface area contributed by atoms with Gasteiger partial charge >= 0.3 is 0 Å². The standard InChI is InChI=1S/C12H12INO3/c1-12(16)10(13)7-11(15)14(12)8-3-5-9(17-2)6-4-8/h3-7,16H,1-2H3/t12-/m1/s1. The van der Waals surface area contributed by atoms with Crippen molar-refractivity contribution in [2.45, 2.75) is 12.6 Å². The minimum atomic E-state index is -1.27. The Bertz CT molecular complexity index is 479. The average Bonchev–Trinajstić information content (AvgIpc) is 2.49. The lowest BCUT2D eigenvalue weighted by Crippen LogP contribution is -2.45. The largest absolute Gasteiger partial charge is 0.497 e. The van der Waals surface area contributed by atoms with Gasteiger partial charge in [0.15, 0.2) is 5.72 Å². The second-order valence-electron chi connectivity index (χ2n) is 3.88. The maximum atomic E-state index is 11.8. The summed E-state index contributed by atoms with van der Waals surface area (Å²) in [4.78, 5) is 13.2. The molecule has 1 aromatic rings. The van der Waals surface area contributed by atoms with Gasteiger partial charge in [0.25, 0.3) is 5.91 Å². The smallest absolute Gasteiger partial charge is 0.254 e. The molecule has 5 heteroatoms. The third-order valence-corrected chi connectivity index (χ3v) is 4.02. The molecule has 1 atom stereocenters. The minimum absolute atomic E-state index is 0.218. The highest BCUT2D eigenvalue weighted by atomic mass is 127. The number of amides is 1. The highest BCUT2D eigenvalue weighted by molar-refractivity contribution is 14.1. The van der Waals surface area contributed by atoms with Gasteiger partial charge in [-0.3, -0.25) is 9.69 Å². The molecule has 90 valence electrons. The molecule has 0 aliphatic carbocycles. The lowest BCUT2D eigenvalue weighted by molar-refractivity contribution is -0.115. The van der Waals surface area contributed by atoms with Crippen molar-refractivity contribution in [3.63, 3.8) is 0 Å². The number of nitrogens with zero attached hydrogens (tertiary/aromatic N) is 1. The van der Waals surface area contributed by atoms with Crippen LogP contribution in [0.5, 0.6) is 5.75 Å². The number of benzene rings is 1. The Morgan fingerprint density at radius 3 is 2.35 bits per heavy atom. The predicted octanol–water partition coefficient (Wildman–Crippen LogP) is 2.07. The van der Waals surface area contributed by atoms with Crippen molar-refractivity contribution in [2.24, 2.45) is 0 Å². The van der Waals surface area contributed by atoms with Gasteiger partial charge in [0.05, 0.1) is 7.11 Å². The number of halogens is 1. The molecule has 0 bridgehead atoms. The first-order valence-electron chi connectivity index (χ1n) is 5.05. The van der Waals surface area contributed by atoms with E-state index in [2.05, 4.69) is 0 Å². The molecule has 0 saturated heterocycles. The van der Waals surface area contributed by atoms with Gasteiger partial charge in [0.1, 0.15) is 5.75 Å². The fraction of sp³-hybridized carbons (Fsp3) is 0.250. The van der Waals surface area contributed by atoms with Crippen LogP contribution in [0.4, 0.5) is 5.69 Å². The molecule has 17 heavy (non-hydrogen) atoms. The van der Waals surface area contributed by atoms with Crippen LogP contribution in [0.2, 0.25) is 0 Å². The number of carbonyl (C=O) groups excluding carboxylic acids is 1. The molecule has 0 aromatic heterocycles. The Morgan fingerprint density at radius 1 is 1.35 bits per heavy atom. The van der Waals surface area contributed by atoms with E-state index in [4.69, 9.17) is 4.74 Å². The van der Waals surface area contributed by atoms with Crippen molar-refractivity contribution in [2.75, 3.05) is 12.0 Å². The average molecular weight is 345 g/mol. The summed E-state index contributed by atoms with van der Waals surface area (Å²) in [5.74, 6) is 0.493. The van der Waals surface area contributed by atoms with Crippen molar-refractivity contribution in [1.82, 2.24) is 0 Å². The number of methoxy groups -OCH3 is 1. The molecule has 0 radical (unpaired) electrons. The van der Waals surface area contributed by atoms with Gasteiger partial charge in [-0.05, 0) is 53.8 Å². The molecule has 1 N–H and O–H groups in total. The molecule has 0 fully saturated rings. The summed E-state index contributed by atoms with van der Waals surface area (Å²) in [6, 6.07) is 7.00. The van der Waals surface area contributed by atoms with Crippen molar-refractivity contribution in [3.05, 3.63) is 33.9 Å². The normalized spacial score (nSPS) is 23.9. The van der Waals surface area contributed by atoms with Crippen LogP contribution in [0.3, 0.4) is 0 Å². The fourth-order valence-corrected chi connectivity index (χ4v) is 2.25. The van der Waals surface area contributed by atoms with Crippen LogP contribution in [0.25, 0.3) is 0 Å². The van der Waals surface area contributed by atoms with Crippen LogP contribution in [-0.4, -0.2) is 23.8 Å². The van der Waals surface area contributed by atoms with Crippen LogP contribution < -0.4 is 9.64 Å². The van der Waals surface area contributed by atoms with E-state index in [9.17, 15) is 9.90 Å². The van der Waals surface area contributed by atoms with Gasteiger partial charge in [-0.15, -0.1) is 0 Å². The Hall–Kier alpha value is -1.08. The summed E-state index contributed by atoms with van der Waals surface area (Å²) < 4.78 is 5.66. The van der Waals surface area contributed by atoms with Gasteiger partial charge in [-0.2, -0.15) is 0 Å². The molecule has 1 aromatic carbocycles. The van der Waals surface area contributed by atoms with Gasteiger partial charge in [0.2, 0.25) is 0 Å². The second kappa shape index (κ2) is 4.30. The fourth-order valence-electron chi connectivity index (χ4n) is 1.74. The minimum Gasteiger partial charge on any atom is -0.497 e. The Balaban J connectivity index is 2.37. The van der Waals surface area contributed by atoms with Crippen molar-refractivity contribution in [1.29, 1.82) is 0 Å². The third-order valence-electron chi connectivity index (χ3n) is 2.69. The maximum Gasteiger partial charge on any atom is 0.254 e. The topological polar surface area (TPSA) is 49.8 Å². The summed E-state index contributed by atoms with van der Waals surface area (Å²) in [7, 11) is 1.58. The van der Waals surface area contributed by atoms with E-state index in [0.29, 0.717) is 15.0 Å². The molecule has 1 aliphatic rings. The number of hydrogen-bond donors (Lipinski definition) is 1. The monoisotopic (exact) mass is 345 g/mol. The predicted molar refractivity (Wildman–Crippen MR) is 73.2 cm³/mol. The zero-order valence-electron chi connectivity index (χ0n) is 9.48. The number of aliphatic hydroxyl groups is 1. The molecule has 0 unspecified atom stereocenters. The first-order valence-corrected chi connectivity index (χ1v) is 6.13. The van der Waals surface area contributed by atoms with Gasteiger partial charge in [0, 0.05) is 15.3 Å². The van der Waals surface area contributed by atoms with Gasteiger partial charge in [-0.1, -0.05) is 0 Å². The zero-order valence-corrected chi connectivity index (χ0v) is 11.6. The number of carbonyl (C=O) groups is 1. The number of hydrogen-bond acceptors (Lipinski definition) is 3. The summed E-state index contributed by atoms with van der Waals surface area (Å²) in [6.07, 6.45) is 1.44. The Morgan fingerprint density at radius 2 is 1.94 bits per heavy atom. The molecule has 2 rings (SSSR count). The lowest BCUT2D eigenvalue weighted by Gasteiger charge is -2.31. The maximum absolute atomic E-state index is 11.8. The molecule has 0 saturated carbocycles. The van der Waals surface area contributed by atoms with Crippen LogP contribution >= 0.6 is 22.6 Å². The molecule has 4 nitrogen and oxygen atoms in total. The number of anilines is 1. The zero-order chi connectivity index (χ0) is 12.6. The van der Waals surface area contributed by atoms with Gasteiger partial charge < -0.3 is 9.84 Å². The summed E-state index contributed by atoms with van der Waals surface area (Å²) in [5.41, 5.74) is -0.629. The van der Waals surface area contributed by atoms with Crippen LogP contribution in [0, 0.1) is 0 Å². The molecule has 1 heterocycles. The van der Waals surface area contributed by atoms with E-state index in [1.54, 1.807) is 38.3 Å². The molecule has 1 amide bonds. The SMILES string of the molecule is COc1ccc(N2C(=O)C=C(I)[C@@]2(C)O)cc1. The highest BCUT2D eigenvalue weighted by Gasteiger charge is 2.41. The van der Waals surface area contributed by atoms with E-state index in [1.165, 1.54) is 11.0 Å². The van der Waals surface area contributed by atoms with Crippen molar-refractivity contribution < 1.29 is 14.6 Å². The molecule has 0 spiro atoms. The first kappa shape index (κ1) is 12.4. The lowest BCUT2D eigenvalue weighted by atomic mass is 10.2. The van der Waals surface area contributed by atoms with Crippen LogP contribution in [0.1, 0.15) is 6.92 Å². The van der Waals surface area contributed by atoms with Crippen LogP contribution in [-0.2, 0) is 4.79 Å². The molecule has 1 aliphatic heterocycles. The second-order valence-corrected chi connectivity index (χ2v) is 5.05. The van der Waals surface area contributed by atoms with E-state index < -0.39 is 5.72 Å². The molecular formula is C12H12INO3. The Labute approximate surface area is 113 Å². The Kier molecular flexibility index (Phi) is 3.13. The number of rotatable bonds is 2. The van der Waals surface area contributed by atoms with E-state index in [1.807, 2.05) is 22.6 Å². The van der Waals surface area contributed by atoms with Crippen molar-refractivity contribution in [3.8, 4) is 5.75 Å². The van der Waals surface area contributed by atoms with E-state index in [0.717, 1.165) is 0 Å². The van der Waals surface area contributed by atoms with Crippen LogP contribution in [0.15, 0.2) is 33.9 Å². The van der Waals surface area contributed by atoms with Gasteiger partial charge in [-0.25, -0.2) is 0 Å². The third kappa shape index (κ3) is 2.04. The summed E-state index contributed by atoms with van der Waals surface area (Å²) in [6.45, 7) is 1.60. The highest BCUT2D eigenvalue weighted by Crippen LogP contribution is 2.37. The van der Waals surface area contributed by atoms with E-state index in [-0.39, 0.29) is 5.91 Å². The summed E-state index contributed by atoms with van der Waals surface area (Å²) >= 11 is 1.97. The van der Waals surface area contributed by atoms with E-state index >= 15 is 0 Å². The summed E-state index contributed by atoms with van der Waals surface area (Å²) in [5, 5.41) is 10.3.